The summed E-state index contributed by atoms with van der Waals surface area (Å²) in [5.74, 6) is -0.389. The molecule has 512 valence electrons. The summed E-state index contributed by atoms with van der Waals surface area (Å²) in [6.45, 7) is 14.7. The maximum atomic E-state index is 14.2. The lowest BCUT2D eigenvalue weighted by atomic mass is 9.67. The lowest BCUT2D eigenvalue weighted by Gasteiger charge is -2.35. The van der Waals surface area contributed by atoms with Crippen LogP contribution in [-0.4, -0.2) is 17.9 Å². The molecule has 0 amide bonds. The average molecular weight is 1370 g/mol. The van der Waals surface area contributed by atoms with Gasteiger partial charge in [0.15, 0.2) is 0 Å². The van der Waals surface area contributed by atoms with Gasteiger partial charge in [0.25, 0.3) is 0 Å². The van der Waals surface area contributed by atoms with Gasteiger partial charge in [-0.15, -0.1) is 0 Å². The van der Waals surface area contributed by atoms with E-state index in [4.69, 9.17) is 14.2 Å². The van der Waals surface area contributed by atoms with Crippen molar-refractivity contribution in [3.63, 3.8) is 0 Å². The van der Waals surface area contributed by atoms with Crippen LogP contribution in [0.2, 0.25) is 0 Å². The summed E-state index contributed by atoms with van der Waals surface area (Å²) < 4.78 is 18.5. The molecule has 0 bridgehead atoms. The van der Waals surface area contributed by atoms with Crippen molar-refractivity contribution in [3.05, 3.63) is 394 Å². The molecule has 0 unspecified atom stereocenters. The van der Waals surface area contributed by atoms with Crippen LogP contribution in [0, 0.1) is 41.5 Å². The highest BCUT2D eigenvalue weighted by Crippen LogP contribution is 2.47. The Hall–Kier alpha value is -13.1. The number of fused-ring (bicyclic) bond motifs is 3. The average Bonchev–Trinajstić information content (AvgIpc) is 0.783. The van der Waals surface area contributed by atoms with Gasteiger partial charge in [0.05, 0.1) is 33.8 Å². The highest BCUT2D eigenvalue weighted by atomic mass is 16.5. The first-order valence-corrected chi connectivity index (χ1v) is 35.5. The number of aryl methyl sites for hydroxylation is 6. The van der Waals surface area contributed by atoms with Crippen molar-refractivity contribution in [1.82, 2.24) is 0 Å². The number of hydrogen-bond donors (Lipinski definition) is 0. The number of carbonyl (C=O) groups excluding carboxylic acids is 3. The second kappa shape index (κ2) is 29.1. The molecule has 0 aliphatic carbocycles. The van der Waals surface area contributed by atoms with E-state index in [-0.39, 0.29) is 0 Å². The van der Waals surface area contributed by atoms with Gasteiger partial charge in [0.2, 0.25) is 0 Å². The molecule has 0 aliphatic rings. The molecule has 15 rings (SSSR count). The van der Waals surface area contributed by atoms with Gasteiger partial charge in [-0.25, -0.2) is 14.4 Å². The second-order valence-electron chi connectivity index (χ2n) is 27.0. The largest absolute Gasteiger partial charge is 0.423 e. The zero-order valence-corrected chi connectivity index (χ0v) is 59.7. The number of hydrogen-bond acceptors (Lipinski definition) is 9. The summed E-state index contributed by atoms with van der Waals surface area (Å²) in [4.78, 5) is 49.2. The van der Waals surface area contributed by atoms with E-state index < -0.39 is 23.3 Å². The van der Waals surface area contributed by atoms with Gasteiger partial charge in [-0.1, -0.05) is 187 Å². The van der Waals surface area contributed by atoms with E-state index in [0.29, 0.717) is 40.4 Å². The Labute approximate surface area is 613 Å². The van der Waals surface area contributed by atoms with Crippen molar-refractivity contribution in [1.29, 1.82) is 0 Å². The molecular weight excluding hydrogens is 1290 g/mol. The molecule has 0 spiro atoms. The van der Waals surface area contributed by atoms with E-state index in [0.717, 1.165) is 101 Å². The molecule has 0 atom stereocenters. The molecule has 0 aromatic heterocycles. The van der Waals surface area contributed by atoms with Crippen LogP contribution >= 0.6 is 0 Å². The third-order valence-electron chi connectivity index (χ3n) is 20.2. The molecule has 0 saturated carbocycles. The van der Waals surface area contributed by atoms with Crippen molar-refractivity contribution < 1.29 is 28.6 Å². The van der Waals surface area contributed by atoms with Crippen molar-refractivity contribution >= 4 is 101 Å². The van der Waals surface area contributed by atoms with Crippen LogP contribution in [0.25, 0.3) is 32.3 Å². The number of benzene rings is 15. The normalized spacial score (nSPS) is 11.3. The number of rotatable bonds is 19. The predicted molar refractivity (Wildman–Crippen MR) is 429 cm³/mol. The fourth-order valence-corrected chi connectivity index (χ4v) is 14.6. The first-order chi connectivity index (χ1) is 51.2. The van der Waals surface area contributed by atoms with E-state index in [9.17, 15) is 14.4 Å². The molecule has 0 aliphatic heterocycles. The number of esters is 3. The monoisotopic (exact) mass is 1370 g/mol. The number of ether oxygens (including phenoxy) is 3. The first kappa shape index (κ1) is 67.7. The zero-order valence-electron chi connectivity index (χ0n) is 59.7. The van der Waals surface area contributed by atoms with Crippen LogP contribution in [-0.2, 0) is 5.41 Å². The van der Waals surface area contributed by atoms with E-state index in [1.807, 2.05) is 146 Å². The maximum absolute atomic E-state index is 14.2. The number of carbonyl (C=O) groups is 3. The van der Waals surface area contributed by atoms with Crippen molar-refractivity contribution in [2.24, 2.45) is 0 Å². The van der Waals surface area contributed by atoms with Crippen LogP contribution in [0.15, 0.2) is 328 Å². The van der Waals surface area contributed by atoms with Gasteiger partial charge >= 0.3 is 17.9 Å². The van der Waals surface area contributed by atoms with Gasteiger partial charge in [0, 0.05) is 55.7 Å². The van der Waals surface area contributed by atoms with Gasteiger partial charge in [-0.3, -0.25) is 0 Å². The zero-order chi connectivity index (χ0) is 72.3. The van der Waals surface area contributed by atoms with E-state index in [1.165, 1.54) is 32.8 Å². The molecule has 0 fully saturated rings. The summed E-state index contributed by atoms with van der Waals surface area (Å²) in [5.41, 5.74) is 18.8. The number of anilines is 9. The fourth-order valence-electron chi connectivity index (χ4n) is 14.6. The van der Waals surface area contributed by atoms with Crippen LogP contribution in [0.1, 0.15) is 94.5 Å². The molecule has 0 radical (unpaired) electrons. The molecule has 0 N–H and O–H groups in total. The fraction of sp³-hybridized carbons (Fsp3) is 0.0938. The highest BCUT2D eigenvalue weighted by Gasteiger charge is 2.36. The SMILES string of the molecule is CCC(c1ccc(OC(=O)c2ccc(N(c3ccc(C)cc3)c3cccc4c(C)cccc34)cc2)cc1)(c1ccc(OC(=O)c2ccc(N(c3ccc(C)cc3)c3cccc4c(C)cccc34)cc2)cc1)c1ccc(OC(=O)c2ccc(N(c3ccc(C)cc3)c3cccc4c(C)cccc34)cc2)cc1. The molecular formula is C96H77N3O6. The third-order valence-corrected chi connectivity index (χ3v) is 20.2. The van der Waals surface area contributed by atoms with Crippen molar-refractivity contribution in [3.8, 4) is 17.2 Å². The Kier molecular flexibility index (Phi) is 18.8. The third kappa shape index (κ3) is 13.6. The summed E-state index contributed by atoms with van der Waals surface area (Å²) >= 11 is 0. The van der Waals surface area contributed by atoms with Crippen LogP contribution in [0.5, 0.6) is 17.2 Å². The Balaban J connectivity index is 0.708. The molecule has 15 aromatic rings. The Morgan fingerprint density at radius 2 is 0.476 bits per heavy atom. The summed E-state index contributed by atoms with van der Waals surface area (Å²) in [6.07, 6.45) is 0.573. The highest BCUT2D eigenvalue weighted by molar-refractivity contribution is 6.04. The summed E-state index contributed by atoms with van der Waals surface area (Å²) in [7, 11) is 0. The molecule has 0 heterocycles. The quantitative estimate of drug-likeness (QED) is 0.0446. The minimum Gasteiger partial charge on any atom is -0.423 e. The van der Waals surface area contributed by atoms with Crippen LogP contribution in [0.3, 0.4) is 0 Å². The molecule has 15 aromatic carbocycles. The van der Waals surface area contributed by atoms with Crippen molar-refractivity contribution in [2.45, 2.75) is 60.3 Å². The Morgan fingerprint density at radius 1 is 0.257 bits per heavy atom. The van der Waals surface area contributed by atoms with E-state index in [2.05, 4.69) is 245 Å². The Morgan fingerprint density at radius 3 is 0.714 bits per heavy atom. The summed E-state index contributed by atoms with van der Waals surface area (Å²) in [5, 5.41) is 6.87. The lowest BCUT2D eigenvalue weighted by Crippen LogP contribution is -2.28. The minimum atomic E-state index is -0.820. The van der Waals surface area contributed by atoms with Gasteiger partial charge in [-0.05, 0) is 261 Å². The topological polar surface area (TPSA) is 88.6 Å². The minimum absolute atomic E-state index is 0.369. The second-order valence-corrected chi connectivity index (χ2v) is 27.0. The standard InChI is InChI=1S/C96H77N3O6/c1-8-96(72-39-57-81(58-40-72)103-93(100)69-33-51-78(52-34-69)97(75-45-27-63(2)28-46-75)90-24-12-18-84-66(5)15-9-21-87(84)90,73-41-59-82(60-42-73)104-94(101)70-35-53-79(54-36-70)98(76-47-29-64(3)30-48-76)91-25-13-19-85-67(6)16-10-22-88(85)91)74-43-61-83(62-44-74)105-95(102)71-37-55-80(56-38-71)99(77-49-31-65(4)32-50-77)92-26-14-20-86-68(7)17-11-23-89(86)92/h9-62H,8H2,1-7H3. The van der Waals surface area contributed by atoms with Crippen LogP contribution in [0.4, 0.5) is 51.2 Å². The smallest absolute Gasteiger partial charge is 0.343 e. The van der Waals surface area contributed by atoms with Crippen molar-refractivity contribution in [2.75, 3.05) is 14.7 Å². The summed E-state index contributed by atoms with van der Waals surface area (Å²) in [6, 6.07) is 109. The van der Waals surface area contributed by atoms with Crippen LogP contribution < -0.4 is 28.9 Å². The van der Waals surface area contributed by atoms with Gasteiger partial charge in [-0.2, -0.15) is 0 Å². The lowest BCUT2D eigenvalue weighted by molar-refractivity contribution is 0.0725. The maximum Gasteiger partial charge on any atom is 0.343 e. The predicted octanol–water partition coefficient (Wildman–Crippen LogP) is 24.8. The molecule has 9 nitrogen and oxygen atoms in total. The molecule has 9 heteroatoms. The van der Waals surface area contributed by atoms with Gasteiger partial charge < -0.3 is 28.9 Å². The van der Waals surface area contributed by atoms with E-state index in [1.54, 1.807) is 0 Å². The molecule has 0 saturated heterocycles. The molecule has 105 heavy (non-hydrogen) atoms. The van der Waals surface area contributed by atoms with E-state index >= 15 is 0 Å². The first-order valence-electron chi connectivity index (χ1n) is 35.5. The van der Waals surface area contributed by atoms with Gasteiger partial charge in [0.1, 0.15) is 17.2 Å². The number of nitrogens with zero attached hydrogens (tertiary/aromatic N) is 3. The Bertz CT molecular complexity index is 5140.